The summed E-state index contributed by atoms with van der Waals surface area (Å²) in [7, 11) is 1.52. The number of anilines is 1. The Bertz CT molecular complexity index is 1120. The second-order valence-corrected chi connectivity index (χ2v) is 10.5. The molecule has 1 fully saturated rings. The van der Waals surface area contributed by atoms with Gasteiger partial charge in [-0.15, -0.1) is 0 Å². The van der Waals surface area contributed by atoms with Crippen molar-refractivity contribution < 1.29 is 18.5 Å². The number of aryl methyl sites for hydroxylation is 3. The molecule has 2 aromatic rings. The number of hydrogen-bond acceptors (Lipinski definition) is 5. The third-order valence-corrected chi connectivity index (χ3v) is 8.17. The third-order valence-electron chi connectivity index (χ3n) is 7.22. The van der Waals surface area contributed by atoms with Gasteiger partial charge in [0.1, 0.15) is 5.69 Å². The first-order chi connectivity index (χ1) is 16.4. The molecule has 0 saturated carbocycles. The standard InChI is InChI=1S/C24H31N5O4S/c1-28(17-9-11-33-12-10-17)23(30)20-14-21(26-29(20)2)34(32)27-24(31)25-22-18-7-3-5-15(18)13-16-6-4-8-19(16)22/h13-14,17H,3-12H2,1-2H3,(H2,25,27,31). The number of urea groups is 1. The topological polar surface area (TPSA) is 106 Å². The van der Waals surface area contributed by atoms with Crippen molar-refractivity contribution in [3.05, 3.63) is 40.1 Å². The number of fused-ring (bicyclic) bond motifs is 2. The zero-order valence-corrected chi connectivity index (χ0v) is 20.5. The summed E-state index contributed by atoms with van der Waals surface area (Å²) in [6.45, 7) is 1.27. The lowest BCUT2D eigenvalue weighted by molar-refractivity contribution is 0.0356. The van der Waals surface area contributed by atoms with Gasteiger partial charge < -0.3 is 15.0 Å². The Morgan fingerprint density at radius 3 is 2.38 bits per heavy atom. The predicted octanol–water partition coefficient (Wildman–Crippen LogP) is 2.49. The number of nitrogens with one attached hydrogen (secondary N) is 2. The number of rotatable bonds is 5. The van der Waals surface area contributed by atoms with E-state index in [4.69, 9.17) is 4.74 Å². The molecule has 3 amide bonds. The Morgan fingerprint density at radius 1 is 1.09 bits per heavy atom. The second kappa shape index (κ2) is 9.50. The average Bonchev–Trinajstić information content (AvgIpc) is 3.58. The van der Waals surface area contributed by atoms with Gasteiger partial charge in [0.05, 0.1) is 0 Å². The molecule has 1 aromatic carbocycles. The Hall–Kier alpha value is -2.72. The minimum atomic E-state index is -1.89. The maximum atomic E-state index is 13.0. The molecule has 9 nitrogen and oxygen atoms in total. The van der Waals surface area contributed by atoms with Crippen LogP contribution in [-0.4, -0.2) is 57.1 Å². The fourth-order valence-corrected chi connectivity index (χ4v) is 6.13. The van der Waals surface area contributed by atoms with Gasteiger partial charge in [0.15, 0.2) is 16.0 Å². The van der Waals surface area contributed by atoms with Crippen molar-refractivity contribution in [2.45, 2.75) is 62.4 Å². The first kappa shape index (κ1) is 23.0. The molecule has 0 bridgehead atoms. The highest BCUT2D eigenvalue weighted by Gasteiger charge is 2.28. The van der Waals surface area contributed by atoms with E-state index in [2.05, 4.69) is 21.2 Å². The first-order valence-electron chi connectivity index (χ1n) is 12.0. The van der Waals surface area contributed by atoms with Gasteiger partial charge in [-0.1, -0.05) is 6.07 Å². The molecule has 2 N–H and O–H groups in total. The Morgan fingerprint density at radius 2 is 1.74 bits per heavy atom. The monoisotopic (exact) mass is 485 g/mol. The maximum absolute atomic E-state index is 13.0. The summed E-state index contributed by atoms with van der Waals surface area (Å²) < 4.78 is 22.2. The van der Waals surface area contributed by atoms with E-state index in [1.165, 1.54) is 33.0 Å². The van der Waals surface area contributed by atoms with Crippen LogP contribution >= 0.6 is 0 Å². The fraction of sp³-hybridized carbons (Fsp3) is 0.542. The second-order valence-electron chi connectivity index (χ2n) is 9.31. The molecule has 2 aliphatic carbocycles. The summed E-state index contributed by atoms with van der Waals surface area (Å²) in [5.74, 6) is -0.190. The molecule has 2 heterocycles. The van der Waals surface area contributed by atoms with E-state index >= 15 is 0 Å². The average molecular weight is 486 g/mol. The van der Waals surface area contributed by atoms with Gasteiger partial charge in [-0.2, -0.15) is 5.10 Å². The van der Waals surface area contributed by atoms with Crippen molar-refractivity contribution in [2.75, 3.05) is 25.6 Å². The van der Waals surface area contributed by atoms with E-state index < -0.39 is 17.0 Å². The molecule has 3 aliphatic rings. The van der Waals surface area contributed by atoms with Gasteiger partial charge in [0, 0.05) is 45.1 Å². The third kappa shape index (κ3) is 4.36. The van der Waals surface area contributed by atoms with Crippen LogP contribution in [0.25, 0.3) is 0 Å². The Labute approximate surface area is 201 Å². The lowest BCUT2D eigenvalue weighted by Gasteiger charge is -2.31. The van der Waals surface area contributed by atoms with Crippen LogP contribution in [0.3, 0.4) is 0 Å². The normalized spacial score (nSPS) is 18.3. The Kier molecular flexibility index (Phi) is 6.44. The molecular formula is C24H31N5O4S. The zero-order valence-electron chi connectivity index (χ0n) is 19.7. The Balaban J connectivity index is 1.28. The van der Waals surface area contributed by atoms with Crippen molar-refractivity contribution in [3.63, 3.8) is 0 Å². The van der Waals surface area contributed by atoms with Gasteiger partial charge in [0.25, 0.3) is 5.91 Å². The van der Waals surface area contributed by atoms with Crippen LogP contribution < -0.4 is 10.0 Å². The smallest absolute Gasteiger partial charge is 0.331 e. The van der Waals surface area contributed by atoms with Gasteiger partial charge >= 0.3 is 6.03 Å². The molecule has 1 saturated heterocycles. The summed E-state index contributed by atoms with van der Waals surface area (Å²) >= 11 is 0. The molecule has 1 atom stereocenters. The van der Waals surface area contributed by atoms with Crippen LogP contribution in [0.4, 0.5) is 10.5 Å². The predicted molar refractivity (Wildman–Crippen MR) is 128 cm³/mol. The lowest BCUT2D eigenvalue weighted by atomic mass is 9.99. The minimum absolute atomic E-state index is 0.100. The highest BCUT2D eigenvalue weighted by Crippen LogP contribution is 2.38. The van der Waals surface area contributed by atoms with Crippen LogP contribution in [-0.2, 0) is 48.5 Å². The van der Waals surface area contributed by atoms with Gasteiger partial charge in [-0.05, 0) is 73.6 Å². The van der Waals surface area contributed by atoms with Gasteiger partial charge in [-0.25, -0.2) is 9.00 Å². The van der Waals surface area contributed by atoms with E-state index in [9.17, 15) is 13.8 Å². The van der Waals surface area contributed by atoms with E-state index in [0.717, 1.165) is 57.1 Å². The van der Waals surface area contributed by atoms with E-state index in [1.807, 2.05) is 0 Å². The van der Waals surface area contributed by atoms with Crippen molar-refractivity contribution in [3.8, 4) is 0 Å². The summed E-state index contributed by atoms with van der Waals surface area (Å²) in [4.78, 5) is 27.5. The molecule has 1 aromatic heterocycles. The highest BCUT2D eigenvalue weighted by molar-refractivity contribution is 7.83. The summed E-state index contributed by atoms with van der Waals surface area (Å²) in [5.41, 5.74) is 6.29. The number of hydrogen-bond donors (Lipinski definition) is 2. The first-order valence-corrected chi connectivity index (χ1v) is 13.1. The number of carbonyl (C=O) groups excluding carboxylic acids is 2. The van der Waals surface area contributed by atoms with E-state index in [1.54, 1.807) is 19.0 Å². The number of nitrogens with zero attached hydrogens (tertiary/aromatic N) is 3. The van der Waals surface area contributed by atoms with Crippen molar-refractivity contribution in [2.24, 2.45) is 7.05 Å². The van der Waals surface area contributed by atoms with Crippen molar-refractivity contribution in [1.82, 2.24) is 19.4 Å². The summed E-state index contributed by atoms with van der Waals surface area (Å²) in [6.07, 6.45) is 7.74. The fourth-order valence-electron chi connectivity index (χ4n) is 5.39. The molecule has 10 heteroatoms. The van der Waals surface area contributed by atoms with Crippen LogP contribution in [0, 0.1) is 0 Å². The van der Waals surface area contributed by atoms with Crippen LogP contribution in [0.1, 0.15) is 58.4 Å². The van der Waals surface area contributed by atoms with Gasteiger partial charge in [0.2, 0.25) is 0 Å². The summed E-state index contributed by atoms with van der Waals surface area (Å²) in [5, 5.41) is 7.36. The van der Waals surface area contributed by atoms with Crippen LogP contribution in [0.15, 0.2) is 17.2 Å². The number of aromatic nitrogens is 2. The number of benzene rings is 1. The van der Waals surface area contributed by atoms with Crippen molar-refractivity contribution in [1.29, 1.82) is 0 Å². The SMILES string of the molecule is CN(C(=O)c1cc(S(=O)NC(=O)Nc2c3c(cc4c2CCC4)CCC3)nn1C)C1CCOCC1. The molecule has 182 valence electrons. The molecule has 34 heavy (non-hydrogen) atoms. The zero-order chi connectivity index (χ0) is 23.8. The number of amides is 3. The largest absolute Gasteiger partial charge is 0.381 e. The van der Waals surface area contributed by atoms with E-state index in [0.29, 0.717) is 18.9 Å². The molecule has 1 aliphatic heterocycles. The summed E-state index contributed by atoms with van der Waals surface area (Å²) in [6, 6.07) is 3.37. The molecule has 5 rings (SSSR count). The van der Waals surface area contributed by atoms with Crippen molar-refractivity contribution >= 4 is 28.6 Å². The van der Waals surface area contributed by atoms with E-state index in [-0.39, 0.29) is 17.0 Å². The highest BCUT2D eigenvalue weighted by atomic mass is 32.2. The van der Waals surface area contributed by atoms with Gasteiger partial charge in [-0.3, -0.25) is 14.2 Å². The number of ether oxygens (including phenoxy) is 1. The minimum Gasteiger partial charge on any atom is -0.381 e. The number of carbonyl (C=O) groups is 2. The molecule has 0 spiro atoms. The maximum Gasteiger partial charge on any atom is 0.331 e. The van der Waals surface area contributed by atoms with Crippen LogP contribution in [0.5, 0.6) is 0 Å². The van der Waals surface area contributed by atoms with Crippen LogP contribution in [0.2, 0.25) is 0 Å². The molecule has 0 radical (unpaired) electrons. The molecule has 1 unspecified atom stereocenters. The lowest BCUT2D eigenvalue weighted by Crippen LogP contribution is -2.41. The quantitative estimate of drug-likeness (QED) is 0.677. The molecular weight excluding hydrogens is 454 g/mol.